The van der Waals surface area contributed by atoms with E-state index in [-0.39, 0.29) is 17.9 Å². The predicted molar refractivity (Wildman–Crippen MR) is 113 cm³/mol. The molecule has 1 N–H and O–H groups in total. The normalized spacial score (nSPS) is 11.3. The first-order valence-corrected chi connectivity index (χ1v) is 9.84. The summed E-state index contributed by atoms with van der Waals surface area (Å²) in [5, 5.41) is 8.12. The molecular weight excluding hydrogens is 368 g/mol. The van der Waals surface area contributed by atoms with E-state index < -0.39 is 0 Å². The largest absolute Gasteiger partial charge is 0.493 e. The number of pyridine rings is 1. The van der Waals surface area contributed by atoms with Crippen molar-refractivity contribution in [1.82, 2.24) is 20.1 Å². The number of amides is 1. The topological polar surface area (TPSA) is 78.3 Å². The lowest BCUT2D eigenvalue weighted by Gasteiger charge is -2.13. The highest BCUT2D eigenvalue weighted by molar-refractivity contribution is 6.05. The number of aromatic nitrogens is 3. The molecule has 0 unspecified atom stereocenters. The second-order valence-corrected chi connectivity index (χ2v) is 7.42. The van der Waals surface area contributed by atoms with E-state index >= 15 is 0 Å². The van der Waals surface area contributed by atoms with Gasteiger partial charge in [0.15, 0.2) is 17.1 Å². The number of rotatable bonds is 8. The fraction of sp³-hybridized carbons (Fsp3) is 0.409. The Morgan fingerprint density at radius 3 is 2.55 bits per heavy atom. The highest BCUT2D eigenvalue weighted by Crippen LogP contribution is 2.26. The Balaban J connectivity index is 1.74. The summed E-state index contributed by atoms with van der Waals surface area (Å²) in [5.74, 6) is 1.36. The Labute approximate surface area is 171 Å². The zero-order valence-corrected chi connectivity index (χ0v) is 17.6. The van der Waals surface area contributed by atoms with Gasteiger partial charge in [-0.3, -0.25) is 4.79 Å². The van der Waals surface area contributed by atoms with Crippen molar-refractivity contribution in [1.29, 1.82) is 0 Å². The molecule has 2 heterocycles. The van der Waals surface area contributed by atoms with Crippen molar-refractivity contribution in [3.05, 3.63) is 47.8 Å². The van der Waals surface area contributed by atoms with Gasteiger partial charge in [0.25, 0.3) is 5.91 Å². The number of para-hydroxylation sites is 2. The molecule has 1 aromatic carbocycles. The molecule has 0 spiro atoms. The third kappa shape index (κ3) is 4.50. The minimum Gasteiger partial charge on any atom is -0.493 e. The van der Waals surface area contributed by atoms with Gasteiger partial charge < -0.3 is 14.8 Å². The van der Waals surface area contributed by atoms with Crippen LogP contribution in [0.15, 0.2) is 36.5 Å². The summed E-state index contributed by atoms with van der Waals surface area (Å²) < 4.78 is 12.9. The van der Waals surface area contributed by atoms with Gasteiger partial charge in [0, 0.05) is 11.7 Å². The standard InChI is InChI=1S/C22H28N4O3/c1-14(2)18-12-16(17-13-24-26(15(3)4)21(17)25-18)22(27)23-10-11-29-20-9-7-6-8-19(20)28-5/h6-9,12-15H,10-11H2,1-5H3,(H,23,27). The maximum atomic E-state index is 12.9. The molecule has 0 fully saturated rings. The van der Waals surface area contributed by atoms with Gasteiger partial charge in [-0.05, 0) is 38.0 Å². The van der Waals surface area contributed by atoms with Crippen LogP contribution >= 0.6 is 0 Å². The van der Waals surface area contributed by atoms with E-state index in [1.165, 1.54) is 0 Å². The maximum Gasteiger partial charge on any atom is 0.252 e. The van der Waals surface area contributed by atoms with Gasteiger partial charge in [0.1, 0.15) is 6.61 Å². The molecule has 154 valence electrons. The van der Waals surface area contributed by atoms with Crippen LogP contribution in [0.2, 0.25) is 0 Å². The summed E-state index contributed by atoms with van der Waals surface area (Å²) in [5.41, 5.74) is 2.19. The molecule has 0 radical (unpaired) electrons. The Kier molecular flexibility index (Phi) is 6.36. The molecule has 29 heavy (non-hydrogen) atoms. The maximum absolute atomic E-state index is 12.9. The molecule has 0 aliphatic heterocycles. The van der Waals surface area contributed by atoms with E-state index in [0.29, 0.717) is 30.2 Å². The van der Waals surface area contributed by atoms with Gasteiger partial charge in [0.2, 0.25) is 0 Å². The van der Waals surface area contributed by atoms with E-state index in [9.17, 15) is 4.79 Å². The van der Waals surface area contributed by atoms with Gasteiger partial charge in [-0.1, -0.05) is 26.0 Å². The molecular formula is C22H28N4O3. The molecule has 0 bridgehead atoms. The van der Waals surface area contributed by atoms with Crippen LogP contribution in [-0.4, -0.2) is 40.9 Å². The van der Waals surface area contributed by atoms with Crippen LogP contribution < -0.4 is 14.8 Å². The third-order valence-electron chi connectivity index (χ3n) is 4.63. The predicted octanol–water partition coefficient (Wildman–Crippen LogP) is 3.95. The van der Waals surface area contributed by atoms with E-state index in [0.717, 1.165) is 16.7 Å². The molecule has 7 nitrogen and oxygen atoms in total. The summed E-state index contributed by atoms with van der Waals surface area (Å²) >= 11 is 0. The number of hydrogen-bond donors (Lipinski definition) is 1. The van der Waals surface area contributed by atoms with Crippen LogP contribution in [0.25, 0.3) is 11.0 Å². The van der Waals surface area contributed by atoms with Crippen LogP contribution in [-0.2, 0) is 0 Å². The number of fused-ring (bicyclic) bond motifs is 1. The van der Waals surface area contributed by atoms with Gasteiger partial charge in [-0.2, -0.15) is 5.10 Å². The van der Waals surface area contributed by atoms with Crippen LogP contribution in [0.1, 0.15) is 55.7 Å². The van der Waals surface area contributed by atoms with Crippen LogP contribution in [0.3, 0.4) is 0 Å². The van der Waals surface area contributed by atoms with Gasteiger partial charge in [-0.15, -0.1) is 0 Å². The zero-order valence-electron chi connectivity index (χ0n) is 17.6. The average Bonchev–Trinajstić information content (AvgIpc) is 3.14. The number of benzene rings is 1. The number of hydrogen-bond acceptors (Lipinski definition) is 5. The first-order valence-electron chi connectivity index (χ1n) is 9.84. The van der Waals surface area contributed by atoms with Gasteiger partial charge in [-0.25, -0.2) is 9.67 Å². The van der Waals surface area contributed by atoms with Crippen molar-refractivity contribution < 1.29 is 14.3 Å². The zero-order chi connectivity index (χ0) is 21.0. The molecule has 0 saturated heterocycles. The molecule has 3 aromatic rings. The van der Waals surface area contributed by atoms with Crippen molar-refractivity contribution in [2.45, 2.75) is 39.7 Å². The molecule has 0 saturated carbocycles. The summed E-state index contributed by atoms with van der Waals surface area (Å²) in [4.78, 5) is 17.6. The fourth-order valence-electron chi connectivity index (χ4n) is 3.06. The molecule has 1 amide bonds. The quantitative estimate of drug-likeness (QED) is 0.583. The molecule has 0 aliphatic rings. The minimum absolute atomic E-state index is 0.160. The number of nitrogens with zero attached hydrogens (tertiary/aromatic N) is 3. The molecule has 0 atom stereocenters. The lowest BCUT2D eigenvalue weighted by molar-refractivity contribution is 0.0948. The molecule has 2 aromatic heterocycles. The lowest BCUT2D eigenvalue weighted by Crippen LogP contribution is -2.28. The second kappa shape index (κ2) is 8.94. The first kappa shape index (κ1) is 20.6. The van der Waals surface area contributed by atoms with Crippen molar-refractivity contribution >= 4 is 16.9 Å². The Morgan fingerprint density at radius 2 is 1.90 bits per heavy atom. The Hall–Kier alpha value is -3.09. The van der Waals surface area contributed by atoms with E-state index in [2.05, 4.69) is 24.3 Å². The van der Waals surface area contributed by atoms with Crippen LogP contribution in [0.4, 0.5) is 0 Å². The van der Waals surface area contributed by atoms with E-state index in [1.54, 1.807) is 13.3 Å². The third-order valence-corrected chi connectivity index (χ3v) is 4.63. The fourth-order valence-corrected chi connectivity index (χ4v) is 3.06. The number of carbonyl (C=O) groups excluding carboxylic acids is 1. The number of nitrogens with one attached hydrogen (secondary N) is 1. The van der Waals surface area contributed by atoms with Gasteiger partial charge in [0.05, 0.1) is 30.8 Å². The van der Waals surface area contributed by atoms with E-state index in [4.69, 9.17) is 14.5 Å². The highest BCUT2D eigenvalue weighted by atomic mass is 16.5. The van der Waals surface area contributed by atoms with Gasteiger partial charge >= 0.3 is 0 Å². The van der Waals surface area contributed by atoms with Crippen molar-refractivity contribution in [2.75, 3.05) is 20.3 Å². The lowest BCUT2D eigenvalue weighted by atomic mass is 10.0. The summed E-state index contributed by atoms with van der Waals surface area (Å²) in [6, 6.07) is 9.45. The second-order valence-electron chi connectivity index (χ2n) is 7.42. The molecule has 0 aliphatic carbocycles. The summed E-state index contributed by atoms with van der Waals surface area (Å²) in [6.07, 6.45) is 1.71. The molecule has 3 rings (SSSR count). The minimum atomic E-state index is -0.161. The van der Waals surface area contributed by atoms with Crippen molar-refractivity contribution in [3.63, 3.8) is 0 Å². The van der Waals surface area contributed by atoms with Crippen LogP contribution in [0.5, 0.6) is 11.5 Å². The Bertz CT molecular complexity index is 995. The smallest absolute Gasteiger partial charge is 0.252 e. The first-order chi connectivity index (χ1) is 13.9. The van der Waals surface area contributed by atoms with Crippen molar-refractivity contribution in [3.8, 4) is 11.5 Å². The number of ether oxygens (including phenoxy) is 2. The van der Waals surface area contributed by atoms with E-state index in [1.807, 2.05) is 48.9 Å². The van der Waals surface area contributed by atoms with Crippen LogP contribution in [0, 0.1) is 0 Å². The Morgan fingerprint density at radius 1 is 1.17 bits per heavy atom. The SMILES string of the molecule is COc1ccccc1OCCNC(=O)c1cc(C(C)C)nc2c1cnn2C(C)C. The number of methoxy groups -OCH3 is 1. The van der Waals surface area contributed by atoms with Crippen molar-refractivity contribution in [2.24, 2.45) is 0 Å². The monoisotopic (exact) mass is 396 g/mol. The molecule has 7 heteroatoms. The summed E-state index contributed by atoms with van der Waals surface area (Å²) in [6.45, 7) is 8.93. The highest BCUT2D eigenvalue weighted by Gasteiger charge is 2.18. The number of carbonyl (C=O) groups is 1. The average molecular weight is 396 g/mol. The summed E-state index contributed by atoms with van der Waals surface area (Å²) in [7, 11) is 1.60.